The van der Waals surface area contributed by atoms with Crippen LogP contribution in [0.1, 0.15) is 5.69 Å². The van der Waals surface area contributed by atoms with Crippen LogP contribution in [0.5, 0.6) is 0 Å². The molecule has 1 radical (unpaired) electrons. The van der Waals surface area contributed by atoms with Gasteiger partial charge in [0, 0.05) is 11.1 Å². The Hall–Kier alpha value is -0.131. The molecular formula is C13H12Br2CuN2S. The van der Waals surface area contributed by atoms with Crippen LogP contribution in [0.2, 0.25) is 0 Å². The van der Waals surface area contributed by atoms with E-state index in [4.69, 9.17) is 0 Å². The van der Waals surface area contributed by atoms with E-state index in [0.717, 1.165) is 11.4 Å². The van der Waals surface area contributed by atoms with E-state index in [1.807, 2.05) is 36.4 Å². The quantitative estimate of drug-likeness (QED) is 0.294. The van der Waals surface area contributed by atoms with Gasteiger partial charge in [-0.15, -0.1) is 11.8 Å². The van der Waals surface area contributed by atoms with Gasteiger partial charge in [-0.3, -0.25) is 9.98 Å². The smallest absolute Gasteiger partial charge is 1.00 e. The summed E-state index contributed by atoms with van der Waals surface area (Å²) in [6.45, 7) is 0. The van der Waals surface area contributed by atoms with E-state index in [0.29, 0.717) is 0 Å². The molecule has 105 valence electrons. The van der Waals surface area contributed by atoms with Gasteiger partial charge in [-0.05, 0) is 30.5 Å². The average molecular weight is 452 g/mol. The Morgan fingerprint density at radius 3 is 2.37 bits per heavy atom. The number of aromatic nitrogens is 1. The number of rotatable bonds is 3. The Morgan fingerprint density at radius 2 is 1.74 bits per heavy atom. The summed E-state index contributed by atoms with van der Waals surface area (Å²) in [4.78, 5) is 9.81. The zero-order valence-corrected chi connectivity index (χ0v) is 15.0. The van der Waals surface area contributed by atoms with Crippen molar-refractivity contribution in [1.29, 1.82) is 0 Å². The number of hydrogen-bond acceptors (Lipinski definition) is 3. The summed E-state index contributed by atoms with van der Waals surface area (Å²) in [7, 11) is 0. The summed E-state index contributed by atoms with van der Waals surface area (Å²) in [6, 6.07) is 13.9. The van der Waals surface area contributed by atoms with Gasteiger partial charge >= 0.3 is 17.1 Å². The number of benzene rings is 1. The van der Waals surface area contributed by atoms with Gasteiger partial charge in [0.25, 0.3) is 0 Å². The normalized spacial score (nSPS) is 9.11. The first-order chi connectivity index (χ1) is 7.90. The summed E-state index contributed by atoms with van der Waals surface area (Å²) in [5, 5.41) is 0. The molecule has 0 bridgehead atoms. The van der Waals surface area contributed by atoms with Gasteiger partial charge in [0.1, 0.15) is 0 Å². The third-order valence-electron chi connectivity index (χ3n) is 2.11. The molecule has 1 heterocycles. The van der Waals surface area contributed by atoms with Crippen molar-refractivity contribution in [3.05, 3.63) is 54.4 Å². The van der Waals surface area contributed by atoms with E-state index in [9.17, 15) is 0 Å². The molecule has 0 spiro atoms. The Kier molecular flexibility index (Phi) is 13.0. The second-order valence-corrected chi connectivity index (χ2v) is 4.03. The molecule has 19 heavy (non-hydrogen) atoms. The van der Waals surface area contributed by atoms with Crippen LogP contribution in [0.4, 0.5) is 5.69 Å². The van der Waals surface area contributed by atoms with Gasteiger partial charge in [0.2, 0.25) is 0 Å². The van der Waals surface area contributed by atoms with Crippen LogP contribution in [0, 0.1) is 0 Å². The number of para-hydroxylation sites is 1. The van der Waals surface area contributed by atoms with Gasteiger partial charge in [-0.1, -0.05) is 18.2 Å². The number of nitrogens with zero attached hydrogens (tertiary/aromatic N) is 2. The fourth-order valence-corrected chi connectivity index (χ4v) is 1.87. The van der Waals surface area contributed by atoms with Crippen molar-refractivity contribution in [3.8, 4) is 0 Å². The van der Waals surface area contributed by atoms with Crippen LogP contribution in [0.25, 0.3) is 0 Å². The summed E-state index contributed by atoms with van der Waals surface area (Å²) in [6.07, 6.45) is 5.60. The molecule has 0 saturated heterocycles. The molecule has 0 fully saturated rings. The third-order valence-corrected chi connectivity index (χ3v) is 2.89. The molecule has 2 rings (SSSR count). The van der Waals surface area contributed by atoms with Gasteiger partial charge in [0.15, 0.2) is 0 Å². The van der Waals surface area contributed by atoms with Crippen molar-refractivity contribution in [3.63, 3.8) is 0 Å². The largest absolute Gasteiger partial charge is 2.00 e. The van der Waals surface area contributed by atoms with Crippen LogP contribution in [-0.4, -0.2) is 17.5 Å². The molecule has 6 heteroatoms. The Balaban J connectivity index is 0. The van der Waals surface area contributed by atoms with Crippen LogP contribution in [0.15, 0.2) is 58.5 Å². The van der Waals surface area contributed by atoms with Crippen LogP contribution >= 0.6 is 11.8 Å². The zero-order chi connectivity index (χ0) is 11.2. The Labute approximate surface area is 149 Å². The van der Waals surface area contributed by atoms with Gasteiger partial charge in [-0.2, -0.15) is 0 Å². The summed E-state index contributed by atoms with van der Waals surface area (Å²) in [5.74, 6) is 0. The van der Waals surface area contributed by atoms with Crippen molar-refractivity contribution in [1.82, 2.24) is 4.98 Å². The van der Waals surface area contributed by atoms with Crippen molar-refractivity contribution in [2.45, 2.75) is 4.90 Å². The molecule has 2 aromatic rings. The van der Waals surface area contributed by atoms with Crippen molar-refractivity contribution < 1.29 is 51.0 Å². The monoisotopic (exact) mass is 449 g/mol. The van der Waals surface area contributed by atoms with E-state index in [1.54, 1.807) is 24.2 Å². The first kappa shape index (κ1) is 21.2. The molecule has 1 aromatic heterocycles. The molecule has 0 N–H and O–H groups in total. The summed E-state index contributed by atoms with van der Waals surface area (Å²) in [5.41, 5.74) is 1.86. The van der Waals surface area contributed by atoms with E-state index in [1.165, 1.54) is 4.90 Å². The standard InChI is InChI=1S/C13H12N2S.2BrH.Cu/c1-16-13-8-3-2-7-12(13)15-10-11-6-4-5-9-14-11;;;/h2-10H,1H3;2*1H;/q;;;+2/p-2. The fraction of sp³-hybridized carbons (Fsp3) is 0.0769. The molecule has 2 nitrogen and oxygen atoms in total. The average Bonchev–Trinajstić information content (AvgIpc) is 2.38. The summed E-state index contributed by atoms with van der Waals surface area (Å²) >= 11 is 1.70. The summed E-state index contributed by atoms with van der Waals surface area (Å²) < 4.78 is 0. The molecule has 0 aliphatic carbocycles. The van der Waals surface area contributed by atoms with Crippen LogP contribution in [-0.2, 0) is 17.1 Å². The number of thioether (sulfide) groups is 1. The molecular weight excluding hydrogens is 440 g/mol. The minimum Gasteiger partial charge on any atom is -1.00 e. The minimum atomic E-state index is 0. The number of aliphatic imine (C=N–C) groups is 1. The maximum Gasteiger partial charge on any atom is 2.00 e. The fourth-order valence-electron chi connectivity index (χ4n) is 1.32. The van der Waals surface area contributed by atoms with Crippen LogP contribution in [0.3, 0.4) is 0 Å². The van der Waals surface area contributed by atoms with E-state index in [2.05, 4.69) is 22.3 Å². The molecule has 0 saturated carbocycles. The minimum absolute atomic E-state index is 0. The maximum absolute atomic E-state index is 4.44. The van der Waals surface area contributed by atoms with Crippen molar-refractivity contribution in [2.75, 3.05) is 6.26 Å². The van der Waals surface area contributed by atoms with Crippen molar-refractivity contribution >= 4 is 23.7 Å². The van der Waals surface area contributed by atoms with E-state index < -0.39 is 0 Å². The molecule has 0 aliphatic heterocycles. The SMILES string of the molecule is CSc1ccccc1N=Cc1ccccn1.[Br-].[Br-].[Cu+2]. The maximum atomic E-state index is 4.44. The predicted molar refractivity (Wildman–Crippen MR) is 69.7 cm³/mol. The molecule has 0 atom stereocenters. The van der Waals surface area contributed by atoms with E-state index >= 15 is 0 Å². The van der Waals surface area contributed by atoms with Crippen LogP contribution < -0.4 is 34.0 Å². The topological polar surface area (TPSA) is 25.2 Å². The Bertz CT molecular complexity index is 495. The number of halogens is 2. The number of pyridine rings is 1. The zero-order valence-electron chi connectivity index (χ0n) is 10.1. The second-order valence-electron chi connectivity index (χ2n) is 3.18. The molecule has 0 unspecified atom stereocenters. The van der Waals surface area contributed by atoms with Gasteiger partial charge in [-0.25, -0.2) is 0 Å². The van der Waals surface area contributed by atoms with Crippen molar-refractivity contribution in [2.24, 2.45) is 4.99 Å². The predicted octanol–water partition coefficient (Wildman–Crippen LogP) is -2.44. The first-order valence-electron chi connectivity index (χ1n) is 4.98. The first-order valence-corrected chi connectivity index (χ1v) is 6.21. The van der Waals surface area contributed by atoms with Gasteiger partial charge < -0.3 is 34.0 Å². The van der Waals surface area contributed by atoms with E-state index in [-0.39, 0.29) is 51.0 Å². The Morgan fingerprint density at radius 1 is 1.05 bits per heavy atom. The second kappa shape index (κ2) is 11.7. The molecule has 1 aromatic carbocycles. The molecule has 0 aliphatic rings. The number of hydrogen-bond donors (Lipinski definition) is 0. The third kappa shape index (κ3) is 6.72. The van der Waals surface area contributed by atoms with Gasteiger partial charge in [0.05, 0.1) is 17.6 Å². The molecule has 0 amide bonds.